The van der Waals surface area contributed by atoms with Crippen molar-refractivity contribution in [2.75, 3.05) is 0 Å². The molecule has 0 fully saturated rings. The zero-order valence-corrected chi connectivity index (χ0v) is 9.88. The Balaban J connectivity index is 2.04. The van der Waals surface area contributed by atoms with Crippen molar-refractivity contribution in [3.8, 4) is 5.75 Å². The normalized spacial score (nSPS) is 12.4. The number of hydrogen-bond donors (Lipinski definition) is 1. The summed E-state index contributed by atoms with van der Waals surface area (Å²) in [4.78, 5) is 0. The summed E-state index contributed by atoms with van der Waals surface area (Å²) >= 11 is 0. The number of aromatic nitrogens is 2. The second-order valence-corrected chi connectivity index (χ2v) is 3.95. The first kappa shape index (κ1) is 11.6. The van der Waals surface area contributed by atoms with Crippen molar-refractivity contribution in [1.29, 1.82) is 0 Å². The van der Waals surface area contributed by atoms with Gasteiger partial charge in [0.25, 0.3) is 0 Å². The van der Waals surface area contributed by atoms with Gasteiger partial charge in [-0.05, 0) is 31.5 Å². The van der Waals surface area contributed by atoms with Crippen LogP contribution in [-0.2, 0) is 6.61 Å². The van der Waals surface area contributed by atoms with Gasteiger partial charge in [-0.2, -0.15) is 0 Å². The predicted molar refractivity (Wildman–Crippen MR) is 62.4 cm³/mol. The van der Waals surface area contributed by atoms with Gasteiger partial charge in [-0.15, -0.1) is 0 Å². The van der Waals surface area contributed by atoms with Gasteiger partial charge >= 0.3 is 0 Å². The third-order valence-corrected chi connectivity index (χ3v) is 2.51. The van der Waals surface area contributed by atoms with E-state index in [9.17, 15) is 0 Å². The molecule has 5 nitrogen and oxygen atoms in total. The molecule has 0 radical (unpaired) electrons. The number of aryl methyl sites for hydroxylation is 1. The molecule has 90 valence electrons. The first-order valence-electron chi connectivity index (χ1n) is 5.43. The summed E-state index contributed by atoms with van der Waals surface area (Å²) in [5, 5.41) is 7.44. The molecule has 0 saturated heterocycles. The molecule has 0 aliphatic heterocycles. The molecule has 1 atom stereocenters. The molecule has 0 aliphatic rings. The topological polar surface area (TPSA) is 74.2 Å². The van der Waals surface area contributed by atoms with Gasteiger partial charge in [0.1, 0.15) is 23.7 Å². The molecular formula is C12H15N3O2. The van der Waals surface area contributed by atoms with E-state index in [1.807, 2.05) is 38.1 Å². The number of benzene rings is 1. The fraction of sp³-hybridized carbons (Fsp3) is 0.333. The number of ether oxygens (including phenoxy) is 1. The van der Waals surface area contributed by atoms with E-state index in [0.717, 1.165) is 17.0 Å². The standard InChI is InChI=1S/C12H15N3O2/c1-8(13)10-4-3-5-11(6-10)16-7-12-9(2)14-17-15-12/h3-6,8H,7,13H2,1-2H3/t8-/m0/s1. The molecule has 0 aliphatic carbocycles. The molecule has 0 saturated carbocycles. The van der Waals surface area contributed by atoms with Gasteiger partial charge in [-0.25, -0.2) is 4.63 Å². The molecule has 1 aromatic heterocycles. The van der Waals surface area contributed by atoms with Crippen molar-refractivity contribution in [3.05, 3.63) is 41.2 Å². The lowest BCUT2D eigenvalue weighted by Gasteiger charge is -2.08. The number of nitrogens with zero attached hydrogens (tertiary/aromatic N) is 2. The number of hydrogen-bond acceptors (Lipinski definition) is 5. The van der Waals surface area contributed by atoms with Gasteiger partial charge in [0, 0.05) is 6.04 Å². The fourth-order valence-corrected chi connectivity index (χ4v) is 1.42. The summed E-state index contributed by atoms with van der Waals surface area (Å²) in [5.74, 6) is 0.766. The average Bonchev–Trinajstić information content (AvgIpc) is 2.72. The second-order valence-electron chi connectivity index (χ2n) is 3.95. The van der Waals surface area contributed by atoms with Gasteiger partial charge in [0.15, 0.2) is 0 Å². The molecule has 1 aromatic carbocycles. The fourth-order valence-electron chi connectivity index (χ4n) is 1.42. The van der Waals surface area contributed by atoms with Gasteiger partial charge in [-0.1, -0.05) is 22.4 Å². The highest BCUT2D eigenvalue weighted by atomic mass is 16.6. The van der Waals surface area contributed by atoms with Crippen LogP contribution < -0.4 is 10.5 Å². The van der Waals surface area contributed by atoms with Gasteiger partial charge < -0.3 is 10.5 Å². The molecular weight excluding hydrogens is 218 g/mol. The first-order valence-corrected chi connectivity index (χ1v) is 5.43. The Kier molecular flexibility index (Phi) is 3.39. The quantitative estimate of drug-likeness (QED) is 0.873. The van der Waals surface area contributed by atoms with E-state index in [0.29, 0.717) is 12.3 Å². The lowest BCUT2D eigenvalue weighted by molar-refractivity contribution is 0.270. The Labute approximate surface area is 99.5 Å². The Hall–Kier alpha value is -1.88. The van der Waals surface area contributed by atoms with Crippen molar-refractivity contribution in [1.82, 2.24) is 10.3 Å². The SMILES string of the molecule is Cc1nonc1COc1cccc([C@H](C)N)c1. The van der Waals surface area contributed by atoms with E-state index < -0.39 is 0 Å². The monoisotopic (exact) mass is 233 g/mol. The van der Waals surface area contributed by atoms with Crippen LogP contribution in [0, 0.1) is 6.92 Å². The minimum absolute atomic E-state index is 0.00555. The van der Waals surface area contributed by atoms with E-state index in [-0.39, 0.29) is 6.04 Å². The molecule has 1 heterocycles. The Morgan fingerprint density at radius 1 is 1.41 bits per heavy atom. The molecule has 17 heavy (non-hydrogen) atoms. The van der Waals surface area contributed by atoms with Crippen LogP contribution in [0.25, 0.3) is 0 Å². The second kappa shape index (κ2) is 4.97. The third-order valence-electron chi connectivity index (χ3n) is 2.51. The van der Waals surface area contributed by atoms with Crippen LogP contribution in [0.2, 0.25) is 0 Å². The number of rotatable bonds is 4. The third kappa shape index (κ3) is 2.82. The van der Waals surface area contributed by atoms with Crippen LogP contribution in [0.3, 0.4) is 0 Å². The minimum atomic E-state index is -0.00555. The maximum Gasteiger partial charge on any atom is 0.145 e. The van der Waals surface area contributed by atoms with Crippen LogP contribution in [0.1, 0.15) is 29.9 Å². The molecule has 2 N–H and O–H groups in total. The zero-order valence-electron chi connectivity index (χ0n) is 9.88. The van der Waals surface area contributed by atoms with Crippen LogP contribution in [0.4, 0.5) is 0 Å². The molecule has 2 rings (SSSR count). The predicted octanol–water partition coefficient (Wildman–Crippen LogP) is 1.98. The molecule has 0 amide bonds. The summed E-state index contributed by atoms with van der Waals surface area (Å²) in [6.07, 6.45) is 0. The Bertz CT molecular complexity index is 494. The summed E-state index contributed by atoms with van der Waals surface area (Å²) in [6, 6.07) is 7.69. The van der Waals surface area contributed by atoms with Crippen LogP contribution in [0.5, 0.6) is 5.75 Å². The maximum atomic E-state index is 5.80. The molecule has 2 aromatic rings. The van der Waals surface area contributed by atoms with Crippen molar-refractivity contribution >= 4 is 0 Å². The van der Waals surface area contributed by atoms with Crippen LogP contribution in [-0.4, -0.2) is 10.3 Å². The Morgan fingerprint density at radius 3 is 2.88 bits per heavy atom. The minimum Gasteiger partial charge on any atom is -0.487 e. The highest BCUT2D eigenvalue weighted by molar-refractivity contribution is 5.30. The van der Waals surface area contributed by atoms with Crippen molar-refractivity contribution in [2.24, 2.45) is 5.73 Å². The van der Waals surface area contributed by atoms with Gasteiger partial charge in [0.05, 0.1) is 0 Å². The van der Waals surface area contributed by atoms with E-state index >= 15 is 0 Å². The molecule has 0 bridgehead atoms. The molecule has 5 heteroatoms. The summed E-state index contributed by atoms with van der Waals surface area (Å²) in [6.45, 7) is 4.11. The van der Waals surface area contributed by atoms with E-state index in [4.69, 9.17) is 10.5 Å². The van der Waals surface area contributed by atoms with Crippen LogP contribution >= 0.6 is 0 Å². The molecule has 0 spiro atoms. The smallest absolute Gasteiger partial charge is 0.145 e. The van der Waals surface area contributed by atoms with Gasteiger partial charge in [-0.3, -0.25) is 0 Å². The number of nitrogens with two attached hydrogens (primary N) is 1. The lowest BCUT2D eigenvalue weighted by atomic mass is 10.1. The summed E-state index contributed by atoms with van der Waals surface area (Å²) in [7, 11) is 0. The Morgan fingerprint density at radius 2 is 2.24 bits per heavy atom. The molecule has 0 unspecified atom stereocenters. The van der Waals surface area contributed by atoms with Crippen molar-refractivity contribution in [3.63, 3.8) is 0 Å². The van der Waals surface area contributed by atoms with Crippen LogP contribution in [0.15, 0.2) is 28.9 Å². The first-order chi connectivity index (χ1) is 8.16. The van der Waals surface area contributed by atoms with E-state index in [1.165, 1.54) is 0 Å². The highest BCUT2D eigenvalue weighted by Crippen LogP contribution is 2.18. The van der Waals surface area contributed by atoms with Gasteiger partial charge in [0.2, 0.25) is 0 Å². The summed E-state index contributed by atoms with van der Waals surface area (Å²) in [5.41, 5.74) is 8.29. The van der Waals surface area contributed by atoms with E-state index in [2.05, 4.69) is 14.9 Å². The lowest BCUT2D eigenvalue weighted by Crippen LogP contribution is -2.05. The van der Waals surface area contributed by atoms with E-state index in [1.54, 1.807) is 0 Å². The average molecular weight is 233 g/mol. The maximum absolute atomic E-state index is 5.80. The summed E-state index contributed by atoms with van der Waals surface area (Å²) < 4.78 is 10.2. The zero-order chi connectivity index (χ0) is 12.3. The largest absolute Gasteiger partial charge is 0.487 e. The van der Waals surface area contributed by atoms with Crippen molar-refractivity contribution < 1.29 is 9.37 Å². The van der Waals surface area contributed by atoms with Crippen molar-refractivity contribution in [2.45, 2.75) is 26.5 Å². The highest BCUT2D eigenvalue weighted by Gasteiger charge is 2.06.